The number of hydrazone groups is 1. The normalized spacial score (nSPS) is 17.4. The minimum absolute atomic E-state index is 0.0838. The van der Waals surface area contributed by atoms with Crippen molar-refractivity contribution in [3.8, 4) is 5.75 Å². The molecule has 5 N–H and O–H groups in total. The molecule has 3 rings (SSSR count). The molecule has 2 aromatic carbocycles. The average Bonchev–Trinajstić information content (AvgIpc) is 2.77. The first-order chi connectivity index (χ1) is 14.5. The second-order valence-corrected chi connectivity index (χ2v) is 7.48. The Hall–Kier alpha value is -2.53. The molecule has 162 valence electrons. The maximum atomic E-state index is 11.6. The first kappa shape index (κ1) is 22.2. The van der Waals surface area contributed by atoms with Gasteiger partial charge in [-0.3, -0.25) is 5.43 Å². The van der Waals surface area contributed by atoms with Gasteiger partial charge in [0, 0.05) is 6.07 Å². The summed E-state index contributed by atoms with van der Waals surface area (Å²) in [5.74, 6) is 1.29. The van der Waals surface area contributed by atoms with Crippen molar-refractivity contribution in [2.24, 2.45) is 11.0 Å². The summed E-state index contributed by atoms with van der Waals surface area (Å²) in [6.07, 6.45) is 6.80. The van der Waals surface area contributed by atoms with Crippen LogP contribution in [0, 0.1) is 16.3 Å². The highest BCUT2D eigenvalue weighted by atomic mass is 16.8. The van der Waals surface area contributed by atoms with Crippen LogP contribution >= 0.6 is 0 Å². The Bertz CT molecular complexity index is 849. The third kappa shape index (κ3) is 5.76. The van der Waals surface area contributed by atoms with Crippen LogP contribution < -0.4 is 20.6 Å². The standard InChI is InChI=1S/C21H28N4O5/c1-30-18-10-7-16(8-11-18)20(13-15-5-3-2-4-6-15)23-22-19-12-9-17(24(26)27)14-21(19)25(28)29/h7-12,14-15,22,24-26,28H,2-6,13H2,1H3. The summed E-state index contributed by atoms with van der Waals surface area (Å²) >= 11 is 0. The number of rotatable bonds is 8. The summed E-state index contributed by atoms with van der Waals surface area (Å²) < 4.78 is 5.23. The highest BCUT2D eigenvalue weighted by Gasteiger charge is 2.18. The van der Waals surface area contributed by atoms with E-state index in [1.807, 2.05) is 24.3 Å². The van der Waals surface area contributed by atoms with Crippen LogP contribution in [0.5, 0.6) is 5.75 Å². The van der Waals surface area contributed by atoms with Gasteiger partial charge in [0.25, 0.3) is 0 Å². The van der Waals surface area contributed by atoms with Crippen LogP contribution in [0.2, 0.25) is 0 Å². The summed E-state index contributed by atoms with van der Waals surface area (Å²) in [5, 5.41) is 43.5. The maximum Gasteiger partial charge on any atom is 0.195 e. The molecule has 0 spiro atoms. The molecule has 9 nitrogen and oxygen atoms in total. The van der Waals surface area contributed by atoms with Crippen molar-refractivity contribution in [3.05, 3.63) is 58.4 Å². The predicted octanol–water partition coefficient (Wildman–Crippen LogP) is 2.29. The molecule has 2 unspecified atom stereocenters. The molecule has 0 aromatic heterocycles. The summed E-state index contributed by atoms with van der Waals surface area (Å²) in [5.41, 5.74) is 4.67. The first-order valence-corrected chi connectivity index (χ1v) is 10.1. The molecule has 0 radical (unpaired) electrons. The van der Waals surface area contributed by atoms with Crippen molar-refractivity contribution >= 4 is 22.8 Å². The minimum atomic E-state index is -1.21. The lowest BCUT2D eigenvalue weighted by Crippen LogP contribution is -3.00. The zero-order valence-corrected chi connectivity index (χ0v) is 16.9. The van der Waals surface area contributed by atoms with Gasteiger partial charge in [-0.2, -0.15) is 15.6 Å². The number of hydrogen-bond acceptors (Lipinski definition) is 7. The first-order valence-electron chi connectivity index (χ1n) is 10.1. The zero-order chi connectivity index (χ0) is 21.5. The number of quaternary nitrogens is 2. The lowest BCUT2D eigenvalue weighted by molar-refractivity contribution is -0.996. The topological polar surface area (TPSA) is 129 Å². The van der Waals surface area contributed by atoms with E-state index >= 15 is 0 Å². The third-order valence-electron chi connectivity index (χ3n) is 5.44. The van der Waals surface area contributed by atoms with Crippen LogP contribution in [0.3, 0.4) is 0 Å². The highest BCUT2D eigenvalue weighted by Crippen LogP contribution is 2.29. The Balaban J connectivity index is 1.88. The van der Waals surface area contributed by atoms with E-state index in [9.17, 15) is 15.6 Å². The van der Waals surface area contributed by atoms with Gasteiger partial charge in [-0.25, -0.2) is 10.4 Å². The Morgan fingerprint density at radius 1 is 1.07 bits per heavy atom. The maximum absolute atomic E-state index is 11.6. The Labute approximate surface area is 175 Å². The summed E-state index contributed by atoms with van der Waals surface area (Å²) in [4.78, 5) is 0. The molecular formula is C21H28N4O5. The van der Waals surface area contributed by atoms with Crippen molar-refractivity contribution in [1.29, 1.82) is 0 Å². The molecule has 1 aliphatic rings. The van der Waals surface area contributed by atoms with Crippen molar-refractivity contribution < 1.29 is 25.6 Å². The molecular weight excluding hydrogens is 388 g/mol. The molecule has 0 saturated heterocycles. The van der Waals surface area contributed by atoms with E-state index in [0.29, 0.717) is 5.92 Å². The van der Waals surface area contributed by atoms with Crippen molar-refractivity contribution in [1.82, 2.24) is 0 Å². The van der Waals surface area contributed by atoms with E-state index in [-0.39, 0.29) is 17.1 Å². The fourth-order valence-electron chi connectivity index (χ4n) is 3.76. The van der Waals surface area contributed by atoms with Gasteiger partial charge in [-0.15, -0.1) is 0 Å². The fourth-order valence-corrected chi connectivity index (χ4v) is 3.76. The zero-order valence-electron chi connectivity index (χ0n) is 16.9. The Morgan fingerprint density at radius 2 is 1.77 bits per heavy atom. The number of nitrogens with one attached hydrogen (secondary N) is 3. The van der Waals surface area contributed by atoms with Gasteiger partial charge in [0.15, 0.2) is 11.4 Å². The molecule has 1 fully saturated rings. The smallest absolute Gasteiger partial charge is 0.195 e. The molecule has 30 heavy (non-hydrogen) atoms. The number of hydrogen-bond donors (Lipinski definition) is 5. The van der Waals surface area contributed by atoms with Gasteiger partial charge in [-0.05, 0) is 48.2 Å². The largest absolute Gasteiger partial charge is 0.595 e. The number of methoxy groups -OCH3 is 1. The molecule has 2 aromatic rings. The molecule has 0 heterocycles. The minimum Gasteiger partial charge on any atom is -0.595 e. The predicted molar refractivity (Wildman–Crippen MR) is 112 cm³/mol. The van der Waals surface area contributed by atoms with Gasteiger partial charge >= 0.3 is 0 Å². The Morgan fingerprint density at radius 3 is 2.37 bits per heavy atom. The van der Waals surface area contributed by atoms with E-state index in [4.69, 9.17) is 9.94 Å². The molecule has 0 amide bonds. The second-order valence-electron chi connectivity index (χ2n) is 7.48. The van der Waals surface area contributed by atoms with Gasteiger partial charge in [0.05, 0.1) is 18.9 Å². The second kappa shape index (κ2) is 10.5. The van der Waals surface area contributed by atoms with Gasteiger partial charge in [0.2, 0.25) is 0 Å². The monoisotopic (exact) mass is 416 g/mol. The number of anilines is 1. The average molecular weight is 416 g/mol. The number of ether oxygens (including phenoxy) is 1. The lowest BCUT2D eigenvalue weighted by Gasteiger charge is -2.22. The molecule has 0 bridgehead atoms. The SMILES string of the molecule is COc1ccc(C(CC2CCCCC2)=NNc2ccc([NH+]([O-])O)cc2[NH+]([O-])O)cc1. The van der Waals surface area contributed by atoms with E-state index in [1.54, 1.807) is 7.11 Å². The number of nitrogens with zero attached hydrogens (tertiary/aromatic N) is 1. The summed E-state index contributed by atoms with van der Waals surface area (Å²) in [7, 11) is 1.61. The molecule has 1 saturated carbocycles. The van der Waals surface area contributed by atoms with Crippen molar-refractivity contribution in [2.45, 2.75) is 38.5 Å². The highest BCUT2D eigenvalue weighted by molar-refractivity contribution is 6.01. The molecule has 9 heteroatoms. The quantitative estimate of drug-likeness (QED) is 0.332. The summed E-state index contributed by atoms with van der Waals surface area (Å²) in [6, 6.07) is 11.5. The van der Waals surface area contributed by atoms with Crippen molar-refractivity contribution in [2.75, 3.05) is 12.5 Å². The molecule has 1 aliphatic carbocycles. The van der Waals surface area contributed by atoms with E-state index in [2.05, 4.69) is 10.5 Å². The van der Waals surface area contributed by atoms with Gasteiger partial charge < -0.3 is 15.2 Å². The lowest BCUT2D eigenvalue weighted by atomic mass is 9.84. The van der Waals surface area contributed by atoms with Crippen LogP contribution in [0.25, 0.3) is 0 Å². The van der Waals surface area contributed by atoms with Crippen LogP contribution in [-0.4, -0.2) is 23.2 Å². The van der Waals surface area contributed by atoms with Gasteiger partial charge in [0.1, 0.15) is 11.4 Å². The van der Waals surface area contributed by atoms with Crippen LogP contribution in [0.4, 0.5) is 17.1 Å². The van der Waals surface area contributed by atoms with E-state index in [0.717, 1.165) is 42.4 Å². The van der Waals surface area contributed by atoms with Gasteiger partial charge in [-0.1, -0.05) is 32.1 Å². The Kier molecular flexibility index (Phi) is 7.75. The fraction of sp³-hybridized carbons (Fsp3) is 0.381. The van der Waals surface area contributed by atoms with E-state index < -0.39 is 10.5 Å². The van der Waals surface area contributed by atoms with Crippen LogP contribution in [0.1, 0.15) is 44.1 Å². The third-order valence-corrected chi connectivity index (χ3v) is 5.44. The van der Waals surface area contributed by atoms with Crippen LogP contribution in [-0.2, 0) is 0 Å². The van der Waals surface area contributed by atoms with Crippen molar-refractivity contribution in [3.63, 3.8) is 0 Å². The van der Waals surface area contributed by atoms with Crippen LogP contribution in [0.15, 0.2) is 47.6 Å². The van der Waals surface area contributed by atoms with E-state index in [1.165, 1.54) is 31.4 Å². The summed E-state index contributed by atoms with van der Waals surface area (Å²) in [6.45, 7) is 0. The number of benzene rings is 2. The molecule has 0 aliphatic heterocycles. The molecule has 2 atom stereocenters.